The maximum absolute atomic E-state index is 10.8. The Balaban J connectivity index is 1.31. The van der Waals surface area contributed by atoms with Gasteiger partial charge in [-0.15, -0.1) is 11.8 Å². The molecule has 0 amide bonds. The highest BCUT2D eigenvalue weighted by Gasteiger charge is 2.56. The van der Waals surface area contributed by atoms with E-state index in [0.29, 0.717) is 29.4 Å². The summed E-state index contributed by atoms with van der Waals surface area (Å²) in [5.41, 5.74) is 3.00. The molecule has 1 aromatic carbocycles. The molecule has 184 valence electrons. The third kappa shape index (κ3) is 5.64. The molecule has 2 fully saturated rings. The molecule has 0 bridgehead atoms. The van der Waals surface area contributed by atoms with Crippen molar-refractivity contribution in [2.45, 2.75) is 109 Å². The van der Waals surface area contributed by atoms with Gasteiger partial charge < -0.3 is 10.2 Å². The lowest BCUT2D eigenvalue weighted by atomic mass is 9.52. The molecule has 3 aliphatic rings. The minimum Gasteiger partial charge on any atom is -0.508 e. The number of nitrogens with one attached hydrogen (secondary N) is 1. The first-order valence-electron chi connectivity index (χ1n) is 13.6. The maximum atomic E-state index is 10.8. The van der Waals surface area contributed by atoms with Crippen molar-refractivity contribution in [2.24, 2.45) is 23.2 Å². The van der Waals surface area contributed by atoms with Crippen LogP contribution in [0.25, 0.3) is 0 Å². The Bertz CT molecular complexity index is 811. The van der Waals surface area contributed by atoms with Gasteiger partial charge in [0.1, 0.15) is 5.75 Å². The molecule has 6 atom stereocenters. The van der Waals surface area contributed by atoms with E-state index < -0.39 is 0 Å². The van der Waals surface area contributed by atoms with Crippen molar-refractivity contribution < 1.29 is 10.2 Å². The first kappa shape index (κ1) is 25.1. The first-order chi connectivity index (χ1) is 15.9. The molecule has 0 spiro atoms. The van der Waals surface area contributed by atoms with E-state index in [1.807, 2.05) is 19.1 Å². The fourth-order valence-corrected chi connectivity index (χ4v) is 8.30. The van der Waals surface area contributed by atoms with Crippen LogP contribution < -0.4 is 0 Å². The van der Waals surface area contributed by atoms with Crippen molar-refractivity contribution in [1.29, 1.82) is 5.41 Å². The quantitative estimate of drug-likeness (QED) is 0.186. The molecule has 3 N–H and O–H groups in total. The van der Waals surface area contributed by atoms with Gasteiger partial charge in [0.05, 0.1) is 11.1 Å². The summed E-state index contributed by atoms with van der Waals surface area (Å²) in [4.78, 5) is 0. The first-order valence-corrected chi connectivity index (χ1v) is 14.6. The molecule has 3 unspecified atom stereocenters. The second-order valence-corrected chi connectivity index (χ2v) is 12.8. The average Bonchev–Trinajstić information content (AvgIpc) is 3.08. The minimum absolute atomic E-state index is 0.113. The van der Waals surface area contributed by atoms with E-state index in [2.05, 4.69) is 13.0 Å². The van der Waals surface area contributed by atoms with Crippen LogP contribution >= 0.6 is 11.8 Å². The lowest BCUT2D eigenvalue weighted by molar-refractivity contribution is -0.0396. The van der Waals surface area contributed by atoms with Crippen molar-refractivity contribution in [2.75, 3.05) is 5.75 Å². The summed E-state index contributed by atoms with van der Waals surface area (Å²) in [7, 11) is 0. The van der Waals surface area contributed by atoms with Gasteiger partial charge in [-0.05, 0) is 110 Å². The molecule has 4 heteroatoms. The van der Waals surface area contributed by atoms with E-state index in [4.69, 9.17) is 5.41 Å². The fraction of sp³-hybridized carbons (Fsp3) is 0.759. The second-order valence-electron chi connectivity index (χ2n) is 11.4. The number of fused-ring (bicyclic) bond motifs is 5. The Hall–Kier alpha value is -1.00. The predicted octanol–water partition coefficient (Wildman–Crippen LogP) is 7.69. The van der Waals surface area contributed by atoms with E-state index in [-0.39, 0.29) is 11.5 Å². The summed E-state index contributed by atoms with van der Waals surface area (Å²) in [6.07, 6.45) is 16.0. The Kier molecular flexibility index (Phi) is 8.49. The van der Waals surface area contributed by atoms with Crippen LogP contribution in [-0.4, -0.2) is 27.1 Å². The molecular formula is C29H45NO2S. The minimum atomic E-state index is -0.119. The number of benzene rings is 1. The molecule has 33 heavy (non-hydrogen) atoms. The highest BCUT2D eigenvalue weighted by molar-refractivity contribution is 8.13. The molecule has 0 aliphatic heterocycles. The number of phenolic OH excluding ortho intramolecular Hbond substituents is 1. The van der Waals surface area contributed by atoms with Gasteiger partial charge in [-0.1, -0.05) is 51.5 Å². The van der Waals surface area contributed by atoms with Crippen molar-refractivity contribution in [1.82, 2.24) is 0 Å². The summed E-state index contributed by atoms with van der Waals surface area (Å²) >= 11 is 1.68. The van der Waals surface area contributed by atoms with Crippen LogP contribution in [-0.2, 0) is 6.42 Å². The maximum Gasteiger partial charge on any atom is 0.115 e. The number of rotatable bonds is 10. The molecule has 0 saturated heterocycles. The van der Waals surface area contributed by atoms with Crippen molar-refractivity contribution in [3.8, 4) is 5.75 Å². The van der Waals surface area contributed by atoms with E-state index in [1.54, 1.807) is 11.8 Å². The molecule has 3 nitrogen and oxygen atoms in total. The van der Waals surface area contributed by atoms with Gasteiger partial charge >= 0.3 is 0 Å². The molecule has 1 aromatic rings. The lowest BCUT2D eigenvalue weighted by Crippen LogP contribution is -2.47. The normalized spacial score (nSPS) is 32.8. The van der Waals surface area contributed by atoms with Gasteiger partial charge in [0.2, 0.25) is 0 Å². The van der Waals surface area contributed by atoms with Crippen LogP contribution in [0, 0.1) is 28.6 Å². The zero-order valence-corrected chi connectivity index (χ0v) is 21.6. The van der Waals surface area contributed by atoms with Crippen LogP contribution in [0.3, 0.4) is 0 Å². The van der Waals surface area contributed by atoms with Gasteiger partial charge in [-0.2, -0.15) is 0 Å². The molecule has 0 heterocycles. The van der Waals surface area contributed by atoms with Crippen molar-refractivity contribution in [3.05, 3.63) is 29.3 Å². The smallest absolute Gasteiger partial charge is 0.115 e. The highest BCUT2D eigenvalue weighted by atomic mass is 32.2. The van der Waals surface area contributed by atoms with Crippen LogP contribution in [0.1, 0.15) is 108 Å². The van der Waals surface area contributed by atoms with Crippen LogP contribution in [0.5, 0.6) is 5.75 Å². The topological polar surface area (TPSA) is 64.3 Å². The zero-order valence-electron chi connectivity index (χ0n) is 20.8. The Morgan fingerprint density at radius 1 is 1.06 bits per heavy atom. The SMILES string of the molecule is CC(=N)SCCCCCCCCC[C@@H]1Cc2cc(O)ccc2C2CC[C@@]3(C)C(CC[C@@H]3O)C21. The fourth-order valence-electron chi connectivity index (χ4n) is 7.65. The summed E-state index contributed by atoms with van der Waals surface area (Å²) in [5.74, 6) is 4.18. The number of hydrogen-bond acceptors (Lipinski definition) is 4. The highest BCUT2D eigenvalue weighted by Crippen LogP contribution is 2.62. The van der Waals surface area contributed by atoms with Crippen LogP contribution in [0.15, 0.2) is 18.2 Å². The molecule has 3 aliphatic carbocycles. The molecular weight excluding hydrogens is 426 g/mol. The summed E-state index contributed by atoms with van der Waals surface area (Å²) in [5, 5.41) is 29.2. The number of phenols is 1. The number of aliphatic hydroxyl groups excluding tert-OH is 1. The van der Waals surface area contributed by atoms with Crippen molar-refractivity contribution in [3.63, 3.8) is 0 Å². The Morgan fingerprint density at radius 2 is 1.79 bits per heavy atom. The second kappa shape index (κ2) is 11.2. The third-order valence-electron chi connectivity index (χ3n) is 9.37. The number of unbranched alkanes of at least 4 members (excludes halogenated alkanes) is 6. The molecule has 2 saturated carbocycles. The summed E-state index contributed by atoms with van der Waals surface area (Å²) in [6.45, 7) is 4.25. The predicted molar refractivity (Wildman–Crippen MR) is 140 cm³/mol. The Labute approximate surface area is 205 Å². The van der Waals surface area contributed by atoms with E-state index in [9.17, 15) is 10.2 Å². The standard InChI is InChI=1S/C29H45NO2S/c1-20(30)33-17-9-7-5-3-4-6-8-10-21-18-22-19-23(31)11-12-24(22)25-15-16-29(2)26(28(21)25)13-14-27(29)32/h11-12,19,21,25-28,30-32H,3-10,13-18H2,1-2H3/t21-,25?,26?,27+,28?,29+/m1/s1. The van der Waals surface area contributed by atoms with Crippen LogP contribution in [0.4, 0.5) is 0 Å². The lowest BCUT2D eigenvalue weighted by Gasteiger charge is -2.53. The van der Waals surface area contributed by atoms with E-state index in [0.717, 1.165) is 30.1 Å². The molecule has 0 radical (unpaired) electrons. The van der Waals surface area contributed by atoms with Gasteiger partial charge in [0.15, 0.2) is 0 Å². The van der Waals surface area contributed by atoms with Gasteiger partial charge in [-0.25, -0.2) is 0 Å². The van der Waals surface area contributed by atoms with E-state index >= 15 is 0 Å². The third-order valence-corrected chi connectivity index (χ3v) is 10.3. The molecule has 0 aromatic heterocycles. The van der Waals surface area contributed by atoms with Crippen LogP contribution in [0.2, 0.25) is 0 Å². The Morgan fingerprint density at radius 3 is 2.55 bits per heavy atom. The number of hydrogen-bond donors (Lipinski definition) is 3. The van der Waals surface area contributed by atoms with Gasteiger partial charge in [-0.3, -0.25) is 5.41 Å². The van der Waals surface area contributed by atoms with Gasteiger partial charge in [0.25, 0.3) is 0 Å². The number of thioether (sulfide) groups is 1. The van der Waals surface area contributed by atoms with Crippen molar-refractivity contribution >= 4 is 16.8 Å². The summed E-state index contributed by atoms with van der Waals surface area (Å²) < 4.78 is 0. The monoisotopic (exact) mass is 471 g/mol. The number of aromatic hydroxyl groups is 1. The zero-order chi connectivity index (χ0) is 23.4. The van der Waals surface area contributed by atoms with Gasteiger partial charge in [0, 0.05) is 0 Å². The summed E-state index contributed by atoms with van der Waals surface area (Å²) in [6, 6.07) is 6.13. The molecule has 4 rings (SSSR count). The number of aliphatic hydroxyl groups is 1. The van der Waals surface area contributed by atoms with E-state index in [1.165, 1.54) is 75.3 Å². The average molecular weight is 472 g/mol. The largest absolute Gasteiger partial charge is 0.508 e.